The summed E-state index contributed by atoms with van der Waals surface area (Å²) >= 11 is 0. The SMILES string of the molecule is CCCC/C=C\C/C=C\CCCCCCCCC(CCCCCCCC/C=C\CCCCCCC)CCC(=O)CCN(C)C. The maximum Gasteiger partial charge on any atom is 0.134 e. The highest BCUT2D eigenvalue weighted by atomic mass is 16.1. The van der Waals surface area contributed by atoms with Gasteiger partial charge >= 0.3 is 0 Å². The van der Waals surface area contributed by atoms with Crippen molar-refractivity contribution in [2.45, 2.75) is 200 Å². The van der Waals surface area contributed by atoms with Crippen molar-refractivity contribution in [3.05, 3.63) is 36.5 Å². The van der Waals surface area contributed by atoms with Crippen molar-refractivity contribution in [1.29, 1.82) is 0 Å². The fraction of sp³-hybridized carbons (Fsp3) is 0.833. The number of ketones is 1. The fourth-order valence-electron chi connectivity index (χ4n) is 6.01. The number of hydrogen-bond acceptors (Lipinski definition) is 2. The molecule has 1 unspecified atom stereocenters. The summed E-state index contributed by atoms with van der Waals surface area (Å²) < 4.78 is 0. The minimum absolute atomic E-state index is 0.468. The third-order valence-electron chi connectivity index (χ3n) is 9.11. The van der Waals surface area contributed by atoms with Gasteiger partial charge in [0.05, 0.1) is 0 Å². The van der Waals surface area contributed by atoms with E-state index >= 15 is 0 Å². The largest absolute Gasteiger partial charge is 0.309 e. The van der Waals surface area contributed by atoms with E-state index in [9.17, 15) is 4.79 Å². The highest BCUT2D eigenvalue weighted by molar-refractivity contribution is 5.78. The average Bonchev–Trinajstić information content (AvgIpc) is 3.02. The van der Waals surface area contributed by atoms with Crippen LogP contribution in [0.2, 0.25) is 0 Å². The third-order valence-corrected chi connectivity index (χ3v) is 9.11. The summed E-state index contributed by atoms with van der Waals surface area (Å²) in [5.74, 6) is 1.22. The summed E-state index contributed by atoms with van der Waals surface area (Å²) in [5.41, 5.74) is 0. The predicted molar refractivity (Wildman–Crippen MR) is 200 cm³/mol. The molecule has 2 nitrogen and oxygen atoms in total. The molecule has 0 spiro atoms. The van der Waals surface area contributed by atoms with Crippen LogP contribution in [0.1, 0.15) is 200 Å². The molecule has 0 saturated carbocycles. The molecule has 0 fully saturated rings. The Kier molecular flexibility index (Phi) is 35.4. The van der Waals surface area contributed by atoms with Gasteiger partial charge in [0.2, 0.25) is 0 Å². The van der Waals surface area contributed by atoms with Gasteiger partial charge in [0.25, 0.3) is 0 Å². The smallest absolute Gasteiger partial charge is 0.134 e. The summed E-state index contributed by atoms with van der Waals surface area (Å²) in [6, 6.07) is 0. The fourth-order valence-corrected chi connectivity index (χ4v) is 6.01. The van der Waals surface area contributed by atoms with E-state index in [2.05, 4.69) is 69.3 Å². The first-order valence-electron chi connectivity index (χ1n) is 19.7. The van der Waals surface area contributed by atoms with Crippen molar-refractivity contribution in [3.63, 3.8) is 0 Å². The molecule has 0 N–H and O–H groups in total. The van der Waals surface area contributed by atoms with E-state index in [4.69, 9.17) is 0 Å². The molecule has 0 bridgehead atoms. The molecule has 258 valence electrons. The van der Waals surface area contributed by atoms with Crippen LogP contribution in [0.15, 0.2) is 36.5 Å². The molecule has 0 aromatic heterocycles. The molecule has 0 saturated heterocycles. The molecule has 0 aromatic carbocycles. The second kappa shape index (κ2) is 36.3. The topological polar surface area (TPSA) is 20.3 Å². The van der Waals surface area contributed by atoms with Gasteiger partial charge in [-0.1, -0.05) is 166 Å². The van der Waals surface area contributed by atoms with E-state index in [-0.39, 0.29) is 0 Å². The number of carbonyl (C=O) groups is 1. The van der Waals surface area contributed by atoms with E-state index in [0.29, 0.717) is 5.78 Å². The van der Waals surface area contributed by atoms with Gasteiger partial charge < -0.3 is 4.90 Å². The third kappa shape index (κ3) is 35.3. The van der Waals surface area contributed by atoms with Gasteiger partial charge in [-0.15, -0.1) is 0 Å². The number of hydrogen-bond donors (Lipinski definition) is 0. The second-order valence-electron chi connectivity index (χ2n) is 13.9. The average molecular weight is 614 g/mol. The van der Waals surface area contributed by atoms with Gasteiger partial charge in [0.1, 0.15) is 5.78 Å². The molecule has 2 heteroatoms. The lowest BCUT2D eigenvalue weighted by Gasteiger charge is -2.17. The summed E-state index contributed by atoms with van der Waals surface area (Å²) in [4.78, 5) is 14.6. The highest BCUT2D eigenvalue weighted by Gasteiger charge is 2.12. The van der Waals surface area contributed by atoms with Crippen molar-refractivity contribution in [2.75, 3.05) is 20.6 Å². The number of Topliss-reactive ketones (excluding diaryl/α,β-unsaturated/α-hetero) is 1. The van der Waals surface area contributed by atoms with Crippen LogP contribution < -0.4 is 0 Å². The lowest BCUT2D eigenvalue weighted by Crippen LogP contribution is -2.17. The van der Waals surface area contributed by atoms with Gasteiger partial charge in [-0.05, 0) is 77.8 Å². The molecule has 0 aliphatic heterocycles. The number of allylic oxidation sites excluding steroid dienone is 6. The first kappa shape index (κ1) is 42.9. The Hall–Kier alpha value is -1.15. The van der Waals surface area contributed by atoms with Crippen molar-refractivity contribution >= 4 is 5.78 Å². The second-order valence-corrected chi connectivity index (χ2v) is 13.9. The summed E-state index contributed by atoms with van der Waals surface area (Å²) in [6.45, 7) is 5.43. The number of nitrogens with zero attached hydrogens (tertiary/aromatic N) is 1. The number of rotatable bonds is 35. The molecule has 0 rings (SSSR count). The molecule has 0 aromatic rings. The van der Waals surface area contributed by atoms with Gasteiger partial charge in [0.15, 0.2) is 0 Å². The Balaban J connectivity index is 3.98. The van der Waals surface area contributed by atoms with E-state index in [1.165, 1.54) is 161 Å². The van der Waals surface area contributed by atoms with Crippen LogP contribution in [0.25, 0.3) is 0 Å². The van der Waals surface area contributed by atoms with E-state index in [1.807, 2.05) is 0 Å². The van der Waals surface area contributed by atoms with Crippen molar-refractivity contribution in [3.8, 4) is 0 Å². The van der Waals surface area contributed by atoms with Gasteiger partial charge in [-0.2, -0.15) is 0 Å². The molecule has 44 heavy (non-hydrogen) atoms. The summed E-state index contributed by atoms with van der Waals surface area (Å²) in [5, 5.41) is 0. The molecule has 0 aliphatic rings. The molecular weight excluding hydrogens is 534 g/mol. The minimum atomic E-state index is 0.468. The lowest BCUT2D eigenvalue weighted by atomic mass is 9.89. The van der Waals surface area contributed by atoms with Gasteiger partial charge in [-0.3, -0.25) is 4.79 Å². The van der Waals surface area contributed by atoms with Crippen LogP contribution >= 0.6 is 0 Å². The van der Waals surface area contributed by atoms with Gasteiger partial charge in [0, 0.05) is 19.4 Å². The molecule has 0 amide bonds. The Morgan fingerprint density at radius 3 is 1.36 bits per heavy atom. The Bertz CT molecular complexity index is 661. The lowest BCUT2D eigenvalue weighted by molar-refractivity contribution is -0.119. The Labute approximate surface area is 278 Å². The minimum Gasteiger partial charge on any atom is -0.309 e. The van der Waals surface area contributed by atoms with Crippen LogP contribution in [-0.4, -0.2) is 31.3 Å². The highest BCUT2D eigenvalue weighted by Crippen LogP contribution is 2.24. The first-order valence-corrected chi connectivity index (χ1v) is 19.7. The van der Waals surface area contributed by atoms with Gasteiger partial charge in [-0.25, -0.2) is 0 Å². The van der Waals surface area contributed by atoms with E-state index in [0.717, 1.165) is 38.1 Å². The standard InChI is InChI=1S/C42H79NO/c1-5-7-9-11-13-15-17-19-21-23-25-27-29-31-33-35-41(37-38-42(44)39-40-43(3)4)36-34-32-30-28-26-24-22-20-18-16-14-12-10-8-6-2/h11,13,17-20,41H,5-10,12,14-16,21-40H2,1-4H3/b13-11-,19-17-,20-18-. The van der Waals surface area contributed by atoms with E-state index < -0.39 is 0 Å². The van der Waals surface area contributed by atoms with Crippen molar-refractivity contribution < 1.29 is 4.79 Å². The maximum absolute atomic E-state index is 12.4. The van der Waals surface area contributed by atoms with Crippen LogP contribution in [0.3, 0.4) is 0 Å². The monoisotopic (exact) mass is 614 g/mol. The summed E-state index contributed by atoms with van der Waals surface area (Å²) in [7, 11) is 4.13. The molecule has 1 atom stereocenters. The zero-order valence-electron chi connectivity index (χ0n) is 30.6. The quantitative estimate of drug-likeness (QED) is 0.0523. The first-order chi connectivity index (χ1) is 21.6. The predicted octanol–water partition coefficient (Wildman–Crippen LogP) is 13.8. The molecule has 0 aliphatic carbocycles. The van der Waals surface area contributed by atoms with Crippen LogP contribution in [-0.2, 0) is 4.79 Å². The molecule has 0 radical (unpaired) electrons. The number of carbonyl (C=O) groups excluding carboxylic acids is 1. The molecular formula is C42H79NO. The zero-order chi connectivity index (χ0) is 32.2. The van der Waals surface area contributed by atoms with E-state index in [1.54, 1.807) is 0 Å². The normalized spacial score (nSPS) is 12.9. The van der Waals surface area contributed by atoms with Crippen LogP contribution in [0, 0.1) is 5.92 Å². The Morgan fingerprint density at radius 2 is 0.886 bits per heavy atom. The van der Waals surface area contributed by atoms with Crippen molar-refractivity contribution in [2.24, 2.45) is 5.92 Å². The van der Waals surface area contributed by atoms with Crippen LogP contribution in [0.4, 0.5) is 0 Å². The Morgan fingerprint density at radius 1 is 0.477 bits per heavy atom. The molecule has 0 heterocycles. The van der Waals surface area contributed by atoms with Crippen molar-refractivity contribution in [1.82, 2.24) is 4.90 Å². The maximum atomic E-state index is 12.4. The zero-order valence-corrected chi connectivity index (χ0v) is 30.6. The summed E-state index contributed by atoms with van der Waals surface area (Å²) in [6.07, 6.45) is 51.6. The van der Waals surface area contributed by atoms with Crippen LogP contribution in [0.5, 0.6) is 0 Å². The number of unbranched alkanes of at least 4 members (excludes halogenated alkanes) is 19.